The molecule has 0 fully saturated rings. The summed E-state index contributed by atoms with van der Waals surface area (Å²) in [7, 11) is 3.95. The van der Waals surface area contributed by atoms with E-state index >= 15 is 0 Å². The van der Waals surface area contributed by atoms with E-state index in [1.54, 1.807) is 0 Å². The Balaban J connectivity index is 2.12. The molecular formula is C25H33NO4. The van der Waals surface area contributed by atoms with Crippen molar-refractivity contribution in [3.63, 3.8) is 0 Å². The molecule has 0 radical (unpaired) electrons. The van der Waals surface area contributed by atoms with Gasteiger partial charge in [0.15, 0.2) is 0 Å². The Morgan fingerprint density at radius 3 is 2.53 bits per heavy atom. The van der Waals surface area contributed by atoms with E-state index in [1.807, 2.05) is 82.2 Å². The quantitative estimate of drug-likeness (QED) is 0.753. The van der Waals surface area contributed by atoms with Gasteiger partial charge in [0.2, 0.25) is 0 Å². The molecule has 1 aliphatic rings. The average molecular weight is 412 g/mol. The summed E-state index contributed by atoms with van der Waals surface area (Å²) >= 11 is 0. The third-order valence-electron chi connectivity index (χ3n) is 5.53. The van der Waals surface area contributed by atoms with Crippen LogP contribution in [-0.2, 0) is 28.2 Å². The molecule has 3 rings (SSSR count). The number of fused-ring (bicyclic) bond motifs is 2. The summed E-state index contributed by atoms with van der Waals surface area (Å²) in [5, 5.41) is 12.3. The van der Waals surface area contributed by atoms with Crippen molar-refractivity contribution in [2.75, 3.05) is 14.1 Å². The summed E-state index contributed by atoms with van der Waals surface area (Å²) < 4.78 is 11.6. The van der Waals surface area contributed by atoms with Crippen LogP contribution in [0.2, 0.25) is 0 Å². The Morgan fingerprint density at radius 1 is 1.20 bits per heavy atom. The van der Waals surface area contributed by atoms with Crippen LogP contribution in [0.25, 0.3) is 0 Å². The second-order valence-electron chi connectivity index (χ2n) is 9.19. The van der Waals surface area contributed by atoms with Gasteiger partial charge in [0.25, 0.3) is 0 Å². The fraction of sp³-hybridized carbons (Fsp3) is 0.480. The largest absolute Gasteiger partial charge is 0.488 e. The van der Waals surface area contributed by atoms with Gasteiger partial charge >= 0.3 is 5.97 Å². The lowest BCUT2D eigenvalue weighted by molar-refractivity contribution is -0.153. The summed E-state index contributed by atoms with van der Waals surface area (Å²) in [5.74, 6) is 0.350. The molecule has 0 saturated carbocycles. The molecule has 1 N–H and O–H groups in total. The maximum absolute atomic E-state index is 12.4. The van der Waals surface area contributed by atoms with Crippen LogP contribution in [0.1, 0.15) is 56.4 Å². The molecule has 30 heavy (non-hydrogen) atoms. The molecule has 2 unspecified atom stereocenters. The lowest BCUT2D eigenvalue weighted by Gasteiger charge is -2.41. The fourth-order valence-electron chi connectivity index (χ4n) is 4.37. The Bertz CT molecular complexity index is 916. The van der Waals surface area contributed by atoms with Crippen LogP contribution in [0, 0.1) is 0 Å². The molecule has 0 aliphatic carbocycles. The van der Waals surface area contributed by atoms with Crippen molar-refractivity contribution in [1.29, 1.82) is 0 Å². The first kappa shape index (κ1) is 22.3. The highest BCUT2D eigenvalue weighted by molar-refractivity contribution is 5.73. The molecule has 5 heteroatoms. The lowest BCUT2D eigenvalue weighted by Crippen LogP contribution is -2.48. The number of hydrogen-bond acceptors (Lipinski definition) is 5. The van der Waals surface area contributed by atoms with Gasteiger partial charge in [-0.1, -0.05) is 37.3 Å². The number of rotatable bonds is 5. The molecule has 1 aliphatic heterocycles. The van der Waals surface area contributed by atoms with E-state index in [-0.39, 0.29) is 18.4 Å². The molecule has 2 aromatic rings. The van der Waals surface area contributed by atoms with Gasteiger partial charge in [-0.2, -0.15) is 0 Å². The summed E-state index contributed by atoms with van der Waals surface area (Å²) in [6.07, 6.45) is 0.884. The highest BCUT2D eigenvalue weighted by Gasteiger charge is 2.45. The van der Waals surface area contributed by atoms with Crippen LogP contribution in [0.15, 0.2) is 42.5 Å². The SMILES string of the molecule is CCC(N(C)C)C1(O)c2ccccc2COc2ccc(CC(=O)OC(C)(C)C)cc21. The monoisotopic (exact) mass is 411 g/mol. The van der Waals surface area contributed by atoms with Crippen molar-refractivity contribution in [3.8, 4) is 5.75 Å². The number of aliphatic hydroxyl groups is 1. The van der Waals surface area contributed by atoms with Gasteiger partial charge in [-0.3, -0.25) is 4.79 Å². The molecule has 2 atom stereocenters. The maximum atomic E-state index is 12.4. The number of benzene rings is 2. The van der Waals surface area contributed by atoms with Crippen molar-refractivity contribution in [2.24, 2.45) is 0 Å². The van der Waals surface area contributed by atoms with Gasteiger partial charge < -0.3 is 19.5 Å². The molecule has 0 bridgehead atoms. The molecule has 0 saturated heterocycles. The number of ether oxygens (including phenoxy) is 2. The van der Waals surface area contributed by atoms with Crippen LogP contribution >= 0.6 is 0 Å². The zero-order valence-corrected chi connectivity index (χ0v) is 18.9. The Hall–Kier alpha value is -2.37. The smallest absolute Gasteiger partial charge is 0.310 e. The zero-order valence-electron chi connectivity index (χ0n) is 18.9. The third-order valence-corrected chi connectivity index (χ3v) is 5.53. The van der Waals surface area contributed by atoms with Crippen LogP contribution in [0.5, 0.6) is 5.75 Å². The van der Waals surface area contributed by atoms with E-state index in [4.69, 9.17) is 9.47 Å². The van der Waals surface area contributed by atoms with E-state index in [0.29, 0.717) is 17.9 Å². The maximum Gasteiger partial charge on any atom is 0.310 e. The first-order chi connectivity index (χ1) is 14.1. The molecular weight excluding hydrogens is 378 g/mol. The topological polar surface area (TPSA) is 59.0 Å². The van der Waals surface area contributed by atoms with E-state index in [9.17, 15) is 9.90 Å². The van der Waals surface area contributed by atoms with E-state index in [0.717, 1.165) is 23.1 Å². The van der Waals surface area contributed by atoms with Crippen LogP contribution < -0.4 is 4.74 Å². The van der Waals surface area contributed by atoms with E-state index in [1.165, 1.54) is 0 Å². The lowest BCUT2D eigenvalue weighted by atomic mass is 9.76. The highest BCUT2D eigenvalue weighted by atomic mass is 16.6. The normalized spacial score (nSPS) is 19.3. The summed E-state index contributed by atoms with van der Waals surface area (Å²) in [6, 6.07) is 13.3. The summed E-state index contributed by atoms with van der Waals surface area (Å²) in [4.78, 5) is 14.4. The van der Waals surface area contributed by atoms with Gasteiger partial charge in [-0.05, 0) is 70.1 Å². The number of hydrogen-bond donors (Lipinski definition) is 1. The Morgan fingerprint density at radius 2 is 1.90 bits per heavy atom. The molecule has 0 amide bonds. The predicted octanol–water partition coefficient (Wildman–Crippen LogP) is 4.04. The minimum atomic E-state index is -1.27. The van der Waals surface area contributed by atoms with Crippen molar-refractivity contribution < 1.29 is 19.4 Å². The number of esters is 1. The Labute approximate surface area is 179 Å². The second kappa shape index (κ2) is 8.40. The minimum absolute atomic E-state index is 0.140. The molecule has 2 aromatic carbocycles. The summed E-state index contributed by atoms with van der Waals surface area (Å²) in [5.41, 5.74) is 1.48. The average Bonchev–Trinajstić information content (AvgIpc) is 2.76. The van der Waals surface area contributed by atoms with Gasteiger partial charge in [-0.25, -0.2) is 0 Å². The van der Waals surface area contributed by atoms with E-state index < -0.39 is 11.2 Å². The number of carbonyl (C=O) groups is 1. The van der Waals surface area contributed by atoms with Crippen LogP contribution in [0.4, 0.5) is 0 Å². The molecule has 5 nitrogen and oxygen atoms in total. The fourth-order valence-corrected chi connectivity index (χ4v) is 4.37. The van der Waals surface area contributed by atoms with Crippen LogP contribution in [0.3, 0.4) is 0 Å². The number of likely N-dealkylation sites (N-methyl/N-ethyl adjacent to an activating group) is 1. The van der Waals surface area contributed by atoms with Crippen LogP contribution in [-0.4, -0.2) is 41.7 Å². The number of carbonyl (C=O) groups excluding carboxylic acids is 1. The molecule has 1 heterocycles. The molecule has 0 aromatic heterocycles. The van der Waals surface area contributed by atoms with Crippen molar-refractivity contribution in [2.45, 2.75) is 64.4 Å². The van der Waals surface area contributed by atoms with Crippen molar-refractivity contribution in [3.05, 3.63) is 64.7 Å². The van der Waals surface area contributed by atoms with Gasteiger partial charge in [0.1, 0.15) is 23.6 Å². The zero-order chi connectivity index (χ0) is 22.1. The number of nitrogens with zero attached hydrogens (tertiary/aromatic N) is 1. The van der Waals surface area contributed by atoms with Crippen molar-refractivity contribution in [1.82, 2.24) is 4.90 Å². The second-order valence-corrected chi connectivity index (χ2v) is 9.19. The van der Waals surface area contributed by atoms with Gasteiger partial charge in [0.05, 0.1) is 6.42 Å². The third kappa shape index (κ3) is 4.37. The molecule has 162 valence electrons. The highest BCUT2D eigenvalue weighted by Crippen LogP contribution is 2.45. The standard InChI is InChI=1S/C25H33NO4/c1-7-22(26(5)6)25(28)19-11-9-8-10-18(19)16-29-21-13-12-17(14-20(21)25)15-23(27)30-24(2,3)4/h8-14,22,28H,7,15-16H2,1-6H3. The molecule has 0 spiro atoms. The van der Waals surface area contributed by atoms with Gasteiger partial charge in [0, 0.05) is 11.6 Å². The Kier molecular flexibility index (Phi) is 6.25. The minimum Gasteiger partial charge on any atom is -0.488 e. The first-order valence-corrected chi connectivity index (χ1v) is 10.5. The van der Waals surface area contributed by atoms with Crippen molar-refractivity contribution >= 4 is 5.97 Å². The summed E-state index contributed by atoms with van der Waals surface area (Å²) in [6.45, 7) is 8.03. The van der Waals surface area contributed by atoms with E-state index in [2.05, 4.69) is 6.92 Å². The van der Waals surface area contributed by atoms with Gasteiger partial charge in [-0.15, -0.1) is 0 Å². The first-order valence-electron chi connectivity index (χ1n) is 10.5. The predicted molar refractivity (Wildman–Crippen MR) is 118 cm³/mol.